The number of aromatic nitrogens is 2. The van der Waals surface area contributed by atoms with E-state index in [0.717, 1.165) is 42.8 Å². The summed E-state index contributed by atoms with van der Waals surface area (Å²) in [5, 5.41) is 0. The number of rotatable bonds is 2. The fourth-order valence-electron chi connectivity index (χ4n) is 3.78. The average molecular weight is 307 g/mol. The van der Waals surface area contributed by atoms with Crippen LogP contribution in [0.4, 0.5) is 0 Å². The molecule has 2 aromatic rings. The van der Waals surface area contributed by atoms with Gasteiger partial charge in [-0.2, -0.15) is 0 Å². The highest BCUT2D eigenvalue weighted by molar-refractivity contribution is 5.94. The van der Waals surface area contributed by atoms with Crippen molar-refractivity contribution in [2.45, 2.75) is 12.8 Å². The van der Waals surface area contributed by atoms with Gasteiger partial charge in [0.2, 0.25) is 0 Å². The maximum absolute atomic E-state index is 12.7. The Hall–Kier alpha value is -2.36. The second-order valence-corrected chi connectivity index (χ2v) is 6.64. The lowest BCUT2D eigenvalue weighted by atomic mass is 9.86. The van der Waals surface area contributed by atoms with E-state index in [2.05, 4.69) is 17.1 Å². The summed E-state index contributed by atoms with van der Waals surface area (Å²) in [4.78, 5) is 18.9. The van der Waals surface area contributed by atoms with Crippen LogP contribution in [0.15, 0.2) is 48.9 Å². The molecule has 4 heteroatoms. The van der Waals surface area contributed by atoms with Gasteiger partial charge in [0.15, 0.2) is 0 Å². The molecule has 1 aromatic carbocycles. The summed E-state index contributed by atoms with van der Waals surface area (Å²) in [5.41, 5.74) is 2.92. The normalized spacial score (nSPS) is 23.1. The molecule has 1 fully saturated rings. The first-order chi connectivity index (χ1) is 11.2. The van der Waals surface area contributed by atoms with E-state index in [1.807, 2.05) is 47.0 Å². The third kappa shape index (κ3) is 2.58. The Balaban J connectivity index is 1.50. The molecule has 2 aliphatic rings. The van der Waals surface area contributed by atoms with Gasteiger partial charge < -0.3 is 9.47 Å². The maximum atomic E-state index is 12.7. The highest BCUT2D eigenvalue weighted by atomic mass is 16.2. The first-order valence-electron chi connectivity index (χ1n) is 8.23. The van der Waals surface area contributed by atoms with Crippen molar-refractivity contribution in [3.63, 3.8) is 0 Å². The molecule has 2 unspecified atom stereocenters. The molecule has 0 N–H and O–H groups in total. The lowest BCUT2D eigenvalue weighted by Gasteiger charge is -2.17. The Bertz CT molecular complexity index is 728. The van der Waals surface area contributed by atoms with E-state index >= 15 is 0 Å². The van der Waals surface area contributed by atoms with Gasteiger partial charge in [-0.25, -0.2) is 4.98 Å². The summed E-state index contributed by atoms with van der Waals surface area (Å²) >= 11 is 0. The molecule has 4 rings (SSSR count). The Labute approximate surface area is 136 Å². The van der Waals surface area contributed by atoms with Gasteiger partial charge in [0, 0.05) is 25.7 Å². The van der Waals surface area contributed by atoms with Crippen LogP contribution in [-0.4, -0.2) is 33.4 Å². The molecule has 0 radical (unpaired) electrons. The zero-order valence-electron chi connectivity index (χ0n) is 13.4. The van der Waals surface area contributed by atoms with Crippen molar-refractivity contribution in [2.75, 3.05) is 13.1 Å². The van der Waals surface area contributed by atoms with Crippen LogP contribution in [-0.2, 0) is 7.05 Å². The van der Waals surface area contributed by atoms with Crippen molar-refractivity contribution in [1.29, 1.82) is 0 Å². The number of likely N-dealkylation sites (tertiary alicyclic amines) is 1. The minimum absolute atomic E-state index is 0.163. The predicted molar refractivity (Wildman–Crippen MR) is 89.9 cm³/mol. The quantitative estimate of drug-likeness (QED) is 0.800. The van der Waals surface area contributed by atoms with Crippen LogP contribution in [0.25, 0.3) is 11.3 Å². The summed E-state index contributed by atoms with van der Waals surface area (Å²) in [6.45, 7) is 1.80. The van der Waals surface area contributed by atoms with Gasteiger partial charge in [0.05, 0.1) is 18.2 Å². The van der Waals surface area contributed by atoms with E-state index in [1.165, 1.54) is 0 Å². The van der Waals surface area contributed by atoms with Gasteiger partial charge >= 0.3 is 0 Å². The van der Waals surface area contributed by atoms with Crippen LogP contribution < -0.4 is 0 Å². The van der Waals surface area contributed by atoms with Crippen LogP contribution in [0.5, 0.6) is 0 Å². The predicted octanol–water partition coefficient (Wildman–Crippen LogP) is 3.13. The van der Waals surface area contributed by atoms with Gasteiger partial charge in [-0.05, 0) is 42.4 Å². The van der Waals surface area contributed by atoms with Gasteiger partial charge in [-0.3, -0.25) is 4.79 Å². The molecule has 1 aliphatic carbocycles. The molecular formula is C19H21N3O. The fourth-order valence-corrected chi connectivity index (χ4v) is 3.78. The SMILES string of the molecule is Cn1cncc1-c1ccc(C(=O)N2CC3CC=CCC3C2)cc1. The molecule has 1 aromatic heterocycles. The third-order valence-electron chi connectivity index (χ3n) is 5.15. The molecule has 4 nitrogen and oxygen atoms in total. The average Bonchev–Trinajstić information content (AvgIpc) is 3.20. The Morgan fingerprint density at radius 3 is 2.30 bits per heavy atom. The fraction of sp³-hybridized carbons (Fsp3) is 0.368. The Morgan fingerprint density at radius 1 is 1.09 bits per heavy atom. The van der Waals surface area contributed by atoms with E-state index in [-0.39, 0.29) is 5.91 Å². The maximum Gasteiger partial charge on any atom is 0.253 e. The highest BCUT2D eigenvalue weighted by Gasteiger charge is 2.35. The van der Waals surface area contributed by atoms with Gasteiger partial charge in [0.1, 0.15) is 0 Å². The topological polar surface area (TPSA) is 38.1 Å². The molecule has 1 saturated heterocycles. The molecule has 0 spiro atoms. The Kier molecular flexibility index (Phi) is 3.52. The number of carbonyl (C=O) groups excluding carboxylic acids is 1. The smallest absolute Gasteiger partial charge is 0.253 e. The number of hydrogen-bond donors (Lipinski definition) is 0. The Morgan fingerprint density at radius 2 is 1.74 bits per heavy atom. The molecule has 0 saturated carbocycles. The van der Waals surface area contributed by atoms with E-state index in [0.29, 0.717) is 11.8 Å². The number of aryl methyl sites for hydroxylation is 1. The first kappa shape index (κ1) is 14.2. The minimum Gasteiger partial charge on any atom is -0.338 e. The summed E-state index contributed by atoms with van der Waals surface area (Å²) in [5.74, 6) is 1.46. The number of allylic oxidation sites excluding steroid dienone is 2. The number of hydrogen-bond acceptors (Lipinski definition) is 2. The zero-order valence-corrected chi connectivity index (χ0v) is 13.4. The zero-order chi connectivity index (χ0) is 15.8. The molecule has 118 valence electrons. The number of carbonyl (C=O) groups is 1. The van der Waals surface area contributed by atoms with Crippen molar-refractivity contribution in [1.82, 2.24) is 14.5 Å². The summed E-state index contributed by atoms with van der Waals surface area (Å²) < 4.78 is 1.98. The lowest BCUT2D eigenvalue weighted by molar-refractivity contribution is 0.0784. The summed E-state index contributed by atoms with van der Waals surface area (Å²) in [6, 6.07) is 7.89. The molecule has 0 bridgehead atoms. The van der Waals surface area contributed by atoms with Gasteiger partial charge in [-0.15, -0.1) is 0 Å². The van der Waals surface area contributed by atoms with Gasteiger partial charge in [0.25, 0.3) is 5.91 Å². The van der Waals surface area contributed by atoms with Crippen molar-refractivity contribution in [3.8, 4) is 11.3 Å². The van der Waals surface area contributed by atoms with E-state index in [4.69, 9.17) is 0 Å². The summed E-state index contributed by atoms with van der Waals surface area (Å²) in [6.07, 6.45) is 10.4. The van der Waals surface area contributed by atoms with Crippen molar-refractivity contribution >= 4 is 5.91 Å². The van der Waals surface area contributed by atoms with E-state index < -0.39 is 0 Å². The minimum atomic E-state index is 0.163. The monoisotopic (exact) mass is 307 g/mol. The van der Waals surface area contributed by atoms with Crippen LogP contribution in [0.1, 0.15) is 23.2 Å². The van der Waals surface area contributed by atoms with E-state index in [1.54, 1.807) is 6.33 Å². The molecule has 2 heterocycles. The summed E-state index contributed by atoms with van der Waals surface area (Å²) in [7, 11) is 1.97. The molecule has 23 heavy (non-hydrogen) atoms. The third-order valence-corrected chi connectivity index (χ3v) is 5.15. The second kappa shape index (κ2) is 5.69. The number of amides is 1. The van der Waals surface area contributed by atoms with E-state index in [9.17, 15) is 4.79 Å². The largest absolute Gasteiger partial charge is 0.338 e. The van der Waals surface area contributed by atoms with Crippen LogP contribution >= 0.6 is 0 Å². The lowest BCUT2D eigenvalue weighted by Crippen LogP contribution is -2.28. The van der Waals surface area contributed by atoms with Crippen molar-refractivity contribution < 1.29 is 4.79 Å². The molecule has 2 atom stereocenters. The standard InChI is InChI=1S/C19H21N3O/c1-21-13-20-10-18(21)14-6-8-15(9-7-14)19(23)22-11-16-4-2-3-5-17(16)12-22/h2-3,6-10,13,16-17H,4-5,11-12H2,1H3. The van der Waals surface area contributed by atoms with Crippen LogP contribution in [0.2, 0.25) is 0 Å². The number of nitrogens with zero attached hydrogens (tertiary/aromatic N) is 3. The molecular weight excluding hydrogens is 286 g/mol. The van der Waals surface area contributed by atoms with Crippen LogP contribution in [0, 0.1) is 11.8 Å². The molecule has 1 aliphatic heterocycles. The van der Waals surface area contributed by atoms with Crippen molar-refractivity contribution in [2.24, 2.45) is 18.9 Å². The van der Waals surface area contributed by atoms with Gasteiger partial charge in [-0.1, -0.05) is 24.3 Å². The highest BCUT2D eigenvalue weighted by Crippen LogP contribution is 2.33. The molecule has 1 amide bonds. The number of benzene rings is 1. The van der Waals surface area contributed by atoms with Crippen LogP contribution in [0.3, 0.4) is 0 Å². The number of imidazole rings is 1. The second-order valence-electron chi connectivity index (χ2n) is 6.64. The van der Waals surface area contributed by atoms with Crippen molar-refractivity contribution in [3.05, 3.63) is 54.5 Å². The number of fused-ring (bicyclic) bond motifs is 1. The first-order valence-corrected chi connectivity index (χ1v) is 8.23.